The van der Waals surface area contributed by atoms with Crippen LogP contribution in [0, 0.1) is 0 Å². The number of rotatable bonds is 5. The lowest BCUT2D eigenvalue weighted by Crippen LogP contribution is -2.48. The predicted octanol–water partition coefficient (Wildman–Crippen LogP) is 1.43. The monoisotopic (exact) mass is 454 g/mol. The van der Waals surface area contributed by atoms with Crippen molar-refractivity contribution < 1.29 is 9.59 Å². The fourth-order valence-corrected chi connectivity index (χ4v) is 3.76. The van der Waals surface area contributed by atoms with Crippen LogP contribution in [0.5, 0.6) is 0 Å². The number of pyridine rings is 1. The van der Waals surface area contributed by atoms with E-state index in [1.165, 1.54) is 17.1 Å². The normalized spacial score (nSPS) is 13.9. The van der Waals surface area contributed by atoms with Crippen molar-refractivity contribution in [1.82, 2.24) is 24.8 Å². The number of fused-ring (bicyclic) bond motifs is 1. The first-order valence-electron chi connectivity index (χ1n) is 10.3. The predicted molar refractivity (Wildman–Crippen MR) is 122 cm³/mol. The first-order valence-corrected chi connectivity index (χ1v) is 10.7. The quantitative estimate of drug-likeness (QED) is 0.626. The number of carbonyl (C=O) groups is 2. The molecule has 166 valence electrons. The number of hydrogen-bond donors (Lipinski definition) is 1. The summed E-state index contributed by atoms with van der Waals surface area (Å²) in [5.41, 5.74) is 1.86. The summed E-state index contributed by atoms with van der Waals surface area (Å²) in [5.74, 6) is -0.248. The van der Waals surface area contributed by atoms with Crippen molar-refractivity contribution in [3.05, 3.63) is 63.9 Å². The van der Waals surface area contributed by atoms with Crippen molar-refractivity contribution in [2.24, 2.45) is 0 Å². The van der Waals surface area contributed by atoms with E-state index in [-0.39, 0.29) is 30.5 Å². The minimum Gasteiger partial charge on any atom is -0.368 e. The summed E-state index contributed by atoms with van der Waals surface area (Å²) < 4.78 is 1.30. The van der Waals surface area contributed by atoms with Crippen molar-refractivity contribution in [2.75, 3.05) is 31.1 Å². The molecule has 1 aliphatic rings. The molecule has 0 saturated carbocycles. The van der Waals surface area contributed by atoms with Gasteiger partial charge in [0.1, 0.15) is 6.54 Å². The molecule has 0 spiro atoms. The molecule has 32 heavy (non-hydrogen) atoms. The van der Waals surface area contributed by atoms with Crippen LogP contribution in [-0.2, 0) is 22.7 Å². The van der Waals surface area contributed by atoms with E-state index in [2.05, 4.69) is 20.2 Å². The topological polar surface area (TPSA) is 100 Å². The van der Waals surface area contributed by atoms with Gasteiger partial charge in [0.25, 0.3) is 5.56 Å². The van der Waals surface area contributed by atoms with Gasteiger partial charge in [-0.15, -0.1) is 0 Å². The van der Waals surface area contributed by atoms with Crippen LogP contribution in [0.3, 0.4) is 0 Å². The van der Waals surface area contributed by atoms with Crippen molar-refractivity contribution >= 4 is 40.0 Å². The van der Waals surface area contributed by atoms with Gasteiger partial charge < -0.3 is 15.1 Å². The first-order chi connectivity index (χ1) is 15.4. The number of nitrogens with zero attached hydrogens (tertiary/aromatic N) is 5. The third-order valence-electron chi connectivity index (χ3n) is 5.47. The van der Waals surface area contributed by atoms with Gasteiger partial charge in [-0.1, -0.05) is 11.6 Å². The minimum absolute atomic E-state index is 0.0698. The molecule has 0 atom stereocenters. The summed E-state index contributed by atoms with van der Waals surface area (Å²) in [4.78, 5) is 49.3. The van der Waals surface area contributed by atoms with Crippen LogP contribution in [-0.4, -0.2) is 57.4 Å². The van der Waals surface area contributed by atoms with E-state index in [4.69, 9.17) is 11.6 Å². The Morgan fingerprint density at radius 2 is 1.88 bits per heavy atom. The summed E-state index contributed by atoms with van der Waals surface area (Å²) in [6.45, 7) is 4.35. The Morgan fingerprint density at radius 3 is 2.56 bits per heavy atom. The van der Waals surface area contributed by atoms with E-state index in [0.29, 0.717) is 47.8 Å². The van der Waals surface area contributed by atoms with Gasteiger partial charge in [0, 0.05) is 45.0 Å². The minimum atomic E-state index is -0.318. The molecule has 0 bridgehead atoms. The molecule has 1 saturated heterocycles. The first kappa shape index (κ1) is 21.8. The fourth-order valence-electron chi connectivity index (χ4n) is 3.65. The molecule has 1 aromatic carbocycles. The smallest absolute Gasteiger partial charge is 0.261 e. The number of carbonyl (C=O) groups excluding carboxylic acids is 2. The van der Waals surface area contributed by atoms with E-state index < -0.39 is 0 Å². The van der Waals surface area contributed by atoms with Crippen LogP contribution in [0.25, 0.3) is 10.9 Å². The molecular weight excluding hydrogens is 432 g/mol. The molecule has 2 amide bonds. The number of piperazine rings is 1. The molecule has 9 nitrogen and oxygen atoms in total. The maximum Gasteiger partial charge on any atom is 0.261 e. The van der Waals surface area contributed by atoms with Gasteiger partial charge in [0.05, 0.1) is 34.5 Å². The number of nitrogens with one attached hydrogen (secondary N) is 1. The van der Waals surface area contributed by atoms with Crippen LogP contribution < -0.4 is 15.8 Å². The zero-order chi connectivity index (χ0) is 22.7. The van der Waals surface area contributed by atoms with E-state index in [0.717, 1.165) is 5.69 Å². The molecule has 0 unspecified atom stereocenters. The van der Waals surface area contributed by atoms with Gasteiger partial charge in [-0.2, -0.15) is 0 Å². The standard InChI is InChI=1S/C22H23ClN6O3/c1-15(30)27-6-8-28(9-7-27)18-4-5-20-19(10-18)22(32)29(14-26-20)13-21(31)25-12-17-3-2-16(23)11-24-17/h2-5,10-11,14H,6-9,12-13H2,1H3,(H,25,31). The van der Waals surface area contributed by atoms with Crippen molar-refractivity contribution in [1.29, 1.82) is 0 Å². The van der Waals surface area contributed by atoms with E-state index in [1.54, 1.807) is 31.2 Å². The number of hydrogen-bond acceptors (Lipinski definition) is 6. The van der Waals surface area contributed by atoms with Crippen LogP contribution in [0.2, 0.25) is 5.02 Å². The van der Waals surface area contributed by atoms with Crippen molar-refractivity contribution in [3.63, 3.8) is 0 Å². The van der Waals surface area contributed by atoms with Gasteiger partial charge in [-0.05, 0) is 30.3 Å². The molecule has 3 heterocycles. The lowest BCUT2D eigenvalue weighted by molar-refractivity contribution is -0.129. The Morgan fingerprint density at radius 1 is 1.09 bits per heavy atom. The second kappa shape index (κ2) is 9.35. The lowest BCUT2D eigenvalue weighted by Gasteiger charge is -2.35. The van der Waals surface area contributed by atoms with Crippen LogP contribution in [0.4, 0.5) is 5.69 Å². The van der Waals surface area contributed by atoms with Gasteiger partial charge in [0.2, 0.25) is 11.8 Å². The second-order valence-corrected chi connectivity index (χ2v) is 8.05. The molecule has 4 rings (SSSR count). The summed E-state index contributed by atoms with van der Waals surface area (Å²) >= 11 is 5.81. The Balaban J connectivity index is 1.46. The van der Waals surface area contributed by atoms with E-state index >= 15 is 0 Å². The number of anilines is 1. The Labute approximate surface area is 189 Å². The second-order valence-electron chi connectivity index (χ2n) is 7.62. The van der Waals surface area contributed by atoms with Crippen molar-refractivity contribution in [3.8, 4) is 0 Å². The third-order valence-corrected chi connectivity index (χ3v) is 5.69. The molecule has 0 radical (unpaired) electrons. The maximum atomic E-state index is 13.0. The molecule has 0 aliphatic carbocycles. The highest BCUT2D eigenvalue weighted by Gasteiger charge is 2.19. The summed E-state index contributed by atoms with van der Waals surface area (Å²) in [6.07, 6.45) is 2.90. The van der Waals surface area contributed by atoms with Crippen LogP contribution in [0.15, 0.2) is 47.7 Å². The highest BCUT2D eigenvalue weighted by atomic mass is 35.5. The fraction of sp³-hybridized carbons (Fsp3) is 0.318. The molecule has 3 aromatic rings. The average molecular weight is 455 g/mol. The van der Waals surface area contributed by atoms with E-state index in [9.17, 15) is 14.4 Å². The zero-order valence-corrected chi connectivity index (χ0v) is 18.4. The molecular formula is C22H23ClN6O3. The number of halogens is 1. The molecule has 10 heteroatoms. The number of aromatic nitrogens is 3. The van der Waals surface area contributed by atoms with Gasteiger partial charge in [0.15, 0.2) is 0 Å². The highest BCUT2D eigenvalue weighted by Crippen LogP contribution is 2.20. The van der Waals surface area contributed by atoms with Crippen LogP contribution >= 0.6 is 11.6 Å². The Bertz CT molecular complexity index is 1200. The maximum absolute atomic E-state index is 13.0. The van der Waals surface area contributed by atoms with Gasteiger partial charge >= 0.3 is 0 Å². The SMILES string of the molecule is CC(=O)N1CCN(c2ccc3ncn(CC(=O)NCc4ccc(Cl)cn4)c(=O)c3c2)CC1. The molecule has 1 aliphatic heterocycles. The summed E-state index contributed by atoms with van der Waals surface area (Å²) in [5, 5.41) is 3.72. The lowest BCUT2D eigenvalue weighted by atomic mass is 10.2. The van der Waals surface area contributed by atoms with Gasteiger partial charge in [-0.25, -0.2) is 4.98 Å². The largest absolute Gasteiger partial charge is 0.368 e. The van der Waals surface area contributed by atoms with E-state index in [1.807, 2.05) is 11.0 Å². The molecule has 2 aromatic heterocycles. The number of amides is 2. The number of benzene rings is 1. The van der Waals surface area contributed by atoms with Gasteiger partial charge in [-0.3, -0.25) is 23.9 Å². The Kier molecular flexibility index (Phi) is 6.36. The summed E-state index contributed by atoms with van der Waals surface area (Å²) in [7, 11) is 0. The summed E-state index contributed by atoms with van der Waals surface area (Å²) in [6, 6.07) is 8.96. The van der Waals surface area contributed by atoms with Crippen molar-refractivity contribution in [2.45, 2.75) is 20.0 Å². The highest BCUT2D eigenvalue weighted by molar-refractivity contribution is 6.30. The van der Waals surface area contributed by atoms with Crippen LogP contribution in [0.1, 0.15) is 12.6 Å². The Hall–Kier alpha value is -3.46. The molecule has 1 N–H and O–H groups in total. The third kappa shape index (κ3) is 4.88. The average Bonchev–Trinajstić information content (AvgIpc) is 2.80. The molecule has 1 fully saturated rings. The zero-order valence-electron chi connectivity index (χ0n) is 17.6.